The topological polar surface area (TPSA) is 84.9 Å². The number of hydrogen-bond donors (Lipinski definition) is 2. The third-order valence-corrected chi connectivity index (χ3v) is 3.65. The Bertz CT molecular complexity index is 785. The molecule has 0 heterocycles. The normalized spacial score (nSPS) is 10.2. The maximum absolute atomic E-state index is 12.0. The van der Waals surface area contributed by atoms with Gasteiger partial charge in [-0.3, -0.25) is 4.79 Å². The Morgan fingerprint density at radius 3 is 2.52 bits per heavy atom. The van der Waals surface area contributed by atoms with Gasteiger partial charge in [0.25, 0.3) is 0 Å². The summed E-state index contributed by atoms with van der Waals surface area (Å²) in [6.45, 7) is 4.18. The van der Waals surface area contributed by atoms with E-state index in [2.05, 4.69) is 5.32 Å². The number of methoxy groups -OCH3 is 1. The molecule has 2 aromatic carbocycles. The van der Waals surface area contributed by atoms with Crippen LogP contribution in [-0.4, -0.2) is 30.7 Å². The van der Waals surface area contributed by atoms with E-state index in [1.165, 1.54) is 25.3 Å². The molecular formula is C19H21NO5. The molecule has 6 heteroatoms. The smallest absolute Gasteiger partial charge is 0.339 e. The number of ether oxygens (including phenoxy) is 2. The van der Waals surface area contributed by atoms with Crippen molar-refractivity contribution < 1.29 is 24.2 Å². The Hall–Kier alpha value is -3.02. The van der Waals surface area contributed by atoms with Crippen LogP contribution in [0.15, 0.2) is 36.4 Å². The molecule has 0 aliphatic heterocycles. The van der Waals surface area contributed by atoms with Crippen molar-refractivity contribution in [1.29, 1.82) is 0 Å². The predicted molar refractivity (Wildman–Crippen MR) is 94.6 cm³/mol. The number of amides is 1. The van der Waals surface area contributed by atoms with Gasteiger partial charge in [0.1, 0.15) is 17.1 Å². The third kappa shape index (κ3) is 4.97. The third-order valence-electron chi connectivity index (χ3n) is 3.65. The van der Waals surface area contributed by atoms with Gasteiger partial charge in [-0.1, -0.05) is 12.1 Å². The first-order valence-corrected chi connectivity index (χ1v) is 7.82. The van der Waals surface area contributed by atoms with Gasteiger partial charge in [0.05, 0.1) is 20.1 Å². The van der Waals surface area contributed by atoms with Crippen LogP contribution in [0.5, 0.6) is 11.5 Å². The van der Waals surface area contributed by atoms with E-state index >= 15 is 0 Å². The average molecular weight is 343 g/mol. The fraction of sp³-hybridized carbons (Fsp3) is 0.263. The highest BCUT2D eigenvalue weighted by molar-refractivity contribution is 5.94. The highest BCUT2D eigenvalue weighted by Gasteiger charge is 2.12. The van der Waals surface area contributed by atoms with Crippen LogP contribution in [0, 0.1) is 13.8 Å². The van der Waals surface area contributed by atoms with E-state index in [1.54, 1.807) is 0 Å². The zero-order valence-electron chi connectivity index (χ0n) is 14.5. The van der Waals surface area contributed by atoms with Gasteiger partial charge in [-0.2, -0.15) is 0 Å². The first-order valence-electron chi connectivity index (χ1n) is 7.82. The van der Waals surface area contributed by atoms with Crippen LogP contribution in [-0.2, 0) is 4.79 Å². The molecule has 0 saturated heterocycles. The molecule has 2 rings (SSSR count). The Labute approximate surface area is 146 Å². The van der Waals surface area contributed by atoms with Crippen molar-refractivity contribution in [3.8, 4) is 11.5 Å². The van der Waals surface area contributed by atoms with Gasteiger partial charge in [-0.25, -0.2) is 4.79 Å². The summed E-state index contributed by atoms with van der Waals surface area (Å²) in [5.74, 6) is -0.357. The van der Waals surface area contributed by atoms with Crippen molar-refractivity contribution in [2.24, 2.45) is 0 Å². The second kappa shape index (κ2) is 8.19. The Balaban J connectivity index is 1.92. The number of carboxylic acid groups (broad SMARTS) is 1. The van der Waals surface area contributed by atoms with Crippen LogP contribution in [0.4, 0.5) is 5.69 Å². The summed E-state index contributed by atoms with van der Waals surface area (Å²) in [7, 11) is 1.38. The molecule has 0 radical (unpaired) electrons. The number of aromatic carboxylic acids is 1. The summed E-state index contributed by atoms with van der Waals surface area (Å²) in [5, 5.41) is 11.8. The van der Waals surface area contributed by atoms with E-state index in [4.69, 9.17) is 14.6 Å². The highest BCUT2D eigenvalue weighted by Crippen LogP contribution is 2.23. The molecule has 0 aliphatic carbocycles. The fourth-order valence-electron chi connectivity index (χ4n) is 2.29. The monoisotopic (exact) mass is 343 g/mol. The number of nitrogens with one attached hydrogen (secondary N) is 1. The maximum atomic E-state index is 12.0. The van der Waals surface area contributed by atoms with Gasteiger partial charge in [0, 0.05) is 11.8 Å². The molecule has 0 bridgehead atoms. The summed E-state index contributed by atoms with van der Waals surface area (Å²) < 4.78 is 10.7. The summed E-state index contributed by atoms with van der Waals surface area (Å²) in [6, 6.07) is 10.3. The molecule has 0 aliphatic rings. The number of carboxylic acids is 1. The van der Waals surface area contributed by atoms with Crippen molar-refractivity contribution >= 4 is 17.6 Å². The van der Waals surface area contributed by atoms with E-state index in [1.807, 2.05) is 32.0 Å². The molecule has 0 atom stereocenters. The summed E-state index contributed by atoms with van der Waals surface area (Å²) >= 11 is 0. The lowest BCUT2D eigenvalue weighted by atomic mass is 10.1. The van der Waals surface area contributed by atoms with E-state index in [9.17, 15) is 9.59 Å². The molecule has 0 fully saturated rings. The minimum Gasteiger partial charge on any atom is -0.496 e. The van der Waals surface area contributed by atoms with E-state index in [-0.39, 0.29) is 30.2 Å². The Morgan fingerprint density at radius 2 is 1.84 bits per heavy atom. The molecule has 132 valence electrons. The highest BCUT2D eigenvalue weighted by atomic mass is 16.5. The Morgan fingerprint density at radius 1 is 1.08 bits per heavy atom. The van der Waals surface area contributed by atoms with Crippen LogP contribution < -0.4 is 14.8 Å². The van der Waals surface area contributed by atoms with Gasteiger partial charge < -0.3 is 19.9 Å². The molecular weight excluding hydrogens is 322 g/mol. The quantitative estimate of drug-likeness (QED) is 0.805. The molecule has 0 saturated carbocycles. The van der Waals surface area contributed by atoms with E-state index < -0.39 is 5.97 Å². The number of benzene rings is 2. The number of anilines is 1. The number of carbonyl (C=O) groups excluding carboxylic acids is 1. The summed E-state index contributed by atoms with van der Waals surface area (Å²) in [5.41, 5.74) is 2.62. The minimum atomic E-state index is -1.09. The molecule has 0 aromatic heterocycles. The first kappa shape index (κ1) is 18.3. The average Bonchev–Trinajstić information content (AvgIpc) is 2.57. The van der Waals surface area contributed by atoms with Gasteiger partial charge in [0.2, 0.25) is 5.91 Å². The lowest BCUT2D eigenvalue weighted by Crippen LogP contribution is -2.15. The molecule has 2 aromatic rings. The second-order valence-electron chi connectivity index (χ2n) is 5.64. The lowest BCUT2D eigenvalue weighted by Gasteiger charge is -2.11. The van der Waals surface area contributed by atoms with Crippen LogP contribution in [0.2, 0.25) is 0 Å². The van der Waals surface area contributed by atoms with Crippen LogP contribution in [0.1, 0.15) is 27.9 Å². The first-order chi connectivity index (χ1) is 11.9. The number of aryl methyl sites for hydroxylation is 2. The van der Waals surface area contributed by atoms with Gasteiger partial charge in [-0.05, 0) is 43.2 Å². The molecule has 25 heavy (non-hydrogen) atoms. The molecule has 0 unspecified atom stereocenters. The largest absolute Gasteiger partial charge is 0.496 e. The van der Waals surface area contributed by atoms with Crippen molar-refractivity contribution in [3.05, 3.63) is 53.1 Å². The summed E-state index contributed by atoms with van der Waals surface area (Å²) in [6.07, 6.45) is 0.177. The molecule has 6 nitrogen and oxygen atoms in total. The van der Waals surface area contributed by atoms with Crippen molar-refractivity contribution in [2.75, 3.05) is 19.0 Å². The molecule has 1 amide bonds. The van der Waals surface area contributed by atoms with Gasteiger partial charge in [0.15, 0.2) is 0 Å². The van der Waals surface area contributed by atoms with Gasteiger partial charge >= 0.3 is 5.97 Å². The van der Waals surface area contributed by atoms with Crippen molar-refractivity contribution in [3.63, 3.8) is 0 Å². The number of carbonyl (C=O) groups is 2. The number of hydrogen-bond acceptors (Lipinski definition) is 4. The van der Waals surface area contributed by atoms with Crippen LogP contribution >= 0.6 is 0 Å². The number of rotatable bonds is 7. The molecule has 0 spiro atoms. The zero-order chi connectivity index (χ0) is 18.4. The maximum Gasteiger partial charge on any atom is 0.339 e. The van der Waals surface area contributed by atoms with Crippen molar-refractivity contribution in [2.45, 2.75) is 20.3 Å². The predicted octanol–water partition coefficient (Wildman–Crippen LogP) is 3.42. The van der Waals surface area contributed by atoms with Crippen LogP contribution in [0.3, 0.4) is 0 Å². The van der Waals surface area contributed by atoms with E-state index in [0.717, 1.165) is 16.9 Å². The minimum absolute atomic E-state index is 0.0405. The zero-order valence-corrected chi connectivity index (χ0v) is 14.5. The second-order valence-corrected chi connectivity index (χ2v) is 5.64. The lowest BCUT2D eigenvalue weighted by molar-refractivity contribution is -0.116. The fourth-order valence-corrected chi connectivity index (χ4v) is 2.29. The molecule has 2 N–H and O–H groups in total. The SMILES string of the molecule is COc1cc(NC(=O)CCOc2cc(C)ccc2C)ccc1C(=O)O. The van der Waals surface area contributed by atoms with E-state index in [0.29, 0.717) is 5.69 Å². The summed E-state index contributed by atoms with van der Waals surface area (Å²) in [4.78, 5) is 23.1. The Kier molecular flexibility index (Phi) is 6.00. The standard InChI is InChI=1S/C19H21NO5/c1-12-4-5-13(2)16(10-12)25-9-8-18(21)20-14-6-7-15(19(22)23)17(11-14)24-3/h4-7,10-11H,8-9H2,1-3H3,(H,20,21)(H,22,23). The van der Waals surface area contributed by atoms with Gasteiger partial charge in [-0.15, -0.1) is 0 Å². The van der Waals surface area contributed by atoms with Crippen LogP contribution in [0.25, 0.3) is 0 Å². The van der Waals surface area contributed by atoms with Crippen molar-refractivity contribution in [1.82, 2.24) is 0 Å².